The second-order valence-corrected chi connectivity index (χ2v) is 8.33. The molecule has 32 heavy (non-hydrogen) atoms. The van der Waals surface area contributed by atoms with Crippen molar-refractivity contribution in [2.24, 2.45) is 0 Å². The third-order valence-corrected chi connectivity index (χ3v) is 4.58. The molecule has 0 bridgehead atoms. The molecule has 1 heterocycles. The standard InChI is InChI=1S/C22H34N4O6/c1-5-25-18(12-14-26(21(25)29)31-16-17-10-7-6-8-11-17)19(27)24-30-15-9-13-23-20(28)32-22(2,3)4/h6-8,10-11,18H,5,9,12-16H2,1-4H3,(H,23,28)(H,24,27)/t18-/m0/s1. The fourth-order valence-electron chi connectivity index (χ4n) is 3.08. The Bertz CT molecular complexity index is 753. The van der Waals surface area contributed by atoms with Gasteiger partial charge in [-0.15, -0.1) is 0 Å². The van der Waals surface area contributed by atoms with Crippen molar-refractivity contribution in [3.8, 4) is 0 Å². The van der Waals surface area contributed by atoms with E-state index >= 15 is 0 Å². The number of hydroxylamine groups is 3. The van der Waals surface area contributed by atoms with Gasteiger partial charge in [0.1, 0.15) is 18.2 Å². The highest BCUT2D eigenvalue weighted by atomic mass is 16.7. The molecule has 0 spiro atoms. The van der Waals surface area contributed by atoms with Crippen LogP contribution < -0.4 is 10.8 Å². The Kier molecular flexibility index (Phi) is 9.73. The minimum Gasteiger partial charge on any atom is -0.444 e. The van der Waals surface area contributed by atoms with E-state index in [4.69, 9.17) is 14.4 Å². The maximum Gasteiger partial charge on any atom is 0.407 e. The molecule has 0 aliphatic carbocycles. The maximum absolute atomic E-state index is 12.7. The summed E-state index contributed by atoms with van der Waals surface area (Å²) in [5, 5.41) is 3.91. The first-order valence-electron chi connectivity index (χ1n) is 10.8. The lowest BCUT2D eigenvalue weighted by molar-refractivity contribution is -0.161. The summed E-state index contributed by atoms with van der Waals surface area (Å²) in [6, 6.07) is 8.58. The van der Waals surface area contributed by atoms with Crippen molar-refractivity contribution >= 4 is 18.0 Å². The number of nitrogens with zero attached hydrogens (tertiary/aromatic N) is 2. The van der Waals surface area contributed by atoms with Gasteiger partial charge in [-0.3, -0.25) is 14.5 Å². The molecule has 0 unspecified atom stereocenters. The third kappa shape index (κ3) is 8.35. The molecule has 4 amide bonds. The fourth-order valence-corrected chi connectivity index (χ4v) is 3.08. The Morgan fingerprint density at radius 2 is 1.91 bits per heavy atom. The van der Waals surface area contributed by atoms with Crippen LogP contribution in [0.2, 0.25) is 0 Å². The Balaban J connectivity index is 1.69. The molecule has 178 valence electrons. The van der Waals surface area contributed by atoms with Gasteiger partial charge in [0.05, 0.1) is 13.2 Å². The van der Waals surface area contributed by atoms with Crippen molar-refractivity contribution in [1.82, 2.24) is 20.8 Å². The average Bonchev–Trinajstić information content (AvgIpc) is 2.74. The predicted octanol–water partition coefficient (Wildman–Crippen LogP) is 2.60. The molecular weight excluding hydrogens is 416 g/mol. The van der Waals surface area contributed by atoms with Crippen molar-refractivity contribution in [2.75, 3.05) is 26.2 Å². The smallest absolute Gasteiger partial charge is 0.407 e. The second kappa shape index (κ2) is 12.3. The average molecular weight is 451 g/mol. The highest BCUT2D eigenvalue weighted by Crippen LogP contribution is 2.18. The van der Waals surface area contributed by atoms with Crippen LogP contribution in [0.15, 0.2) is 30.3 Å². The van der Waals surface area contributed by atoms with Crippen LogP contribution >= 0.6 is 0 Å². The van der Waals surface area contributed by atoms with Crippen molar-refractivity contribution < 1.29 is 28.8 Å². The second-order valence-electron chi connectivity index (χ2n) is 8.33. The van der Waals surface area contributed by atoms with Gasteiger partial charge in [0, 0.05) is 13.1 Å². The molecule has 2 N–H and O–H groups in total. The minimum absolute atomic E-state index is 0.209. The van der Waals surface area contributed by atoms with Crippen LogP contribution in [0, 0.1) is 0 Å². The number of urea groups is 1. The van der Waals surface area contributed by atoms with Gasteiger partial charge in [-0.25, -0.2) is 20.1 Å². The van der Waals surface area contributed by atoms with Crippen LogP contribution in [0.5, 0.6) is 0 Å². The first-order valence-corrected chi connectivity index (χ1v) is 10.8. The van der Waals surface area contributed by atoms with E-state index in [0.29, 0.717) is 32.5 Å². The summed E-state index contributed by atoms with van der Waals surface area (Å²) >= 11 is 0. The quantitative estimate of drug-likeness (QED) is 0.419. The summed E-state index contributed by atoms with van der Waals surface area (Å²) < 4.78 is 5.13. The van der Waals surface area contributed by atoms with E-state index in [1.54, 1.807) is 20.8 Å². The van der Waals surface area contributed by atoms with Crippen molar-refractivity contribution in [3.05, 3.63) is 35.9 Å². The fraction of sp³-hybridized carbons (Fsp3) is 0.591. The van der Waals surface area contributed by atoms with Crippen LogP contribution in [0.1, 0.15) is 46.1 Å². The van der Waals surface area contributed by atoms with Crippen molar-refractivity contribution in [3.63, 3.8) is 0 Å². The highest BCUT2D eigenvalue weighted by Gasteiger charge is 2.37. The number of hydrogen-bond acceptors (Lipinski definition) is 6. The number of carbonyl (C=O) groups is 3. The van der Waals surface area contributed by atoms with E-state index in [1.807, 2.05) is 37.3 Å². The molecule has 2 rings (SSSR count). The van der Waals surface area contributed by atoms with Gasteiger partial charge < -0.3 is 15.0 Å². The lowest BCUT2D eigenvalue weighted by Crippen LogP contribution is -2.58. The molecule has 1 aromatic rings. The van der Waals surface area contributed by atoms with E-state index < -0.39 is 17.7 Å². The largest absolute Gasteiger partial charge is 0.444 e. The molecule has 0 radical (unpaired) electrons. The van der Waals surface area contributed by atoms with Gasteiger partial charge in [0.15, 0.2) is 0 Å². The van der Waals surface area contributed by atoms with E-state index in [-0.39, 0.29) is 25.2 Å². The number of hydrogen-bond donors (Lipinski definition) is 2. The Morgan fingerprint density at radius 3 is 2.56 bits per heavy atom. The number of ether oxygens (including phenoxy) is 1. The molecule has 1 aromatic carbocycles. The summed E-state index contributed by atoms with van der Waals surface area (Å²) in [5.74, 6) is -0.386. The van der Waals surface area contributed by atoms with Gasteiger partial charge in [0.2, 0.25) is 0 Å². The van der Waals surface area contributed by atoms with Gasteiger partial charge in [0.25, 0.3) is 5.91 Å². The van der Waals surface area contributed by atoms with Crippen molar-refractivity contribution in [2.45, 2.75) is 58.8 Å². The van der Waals surface area contributed by atoms with Crippen LogP contribution in [0.4, 0.5) is 9.59 Å². The summed E-state index contributed by atoms with van der Waals surface area (Å²) in [7, 11) is 0. The molecular formula is C22H34N4O6. The Labute approximate surface area is 189 Å². The monoisotopic (exact) mass is 450 g/mol. The predicted molar refractivity (Wildman–Crippen MR) is 117 cm³/mol. The number of amides is 4. The number of rotatable bonds is 10. The van der Waals surface area contributed by atoms with E-state index in [0.717, 1.165) is 5.56 Å². The highest BCUT2D eigenvalue weighted by molar-refractivity contribution is 5.87. The van der Waals surface area contributed by atoms with Gasteiger partial charge in [-0.1, -0.05) is 30.3 Å². The molecule has 0 aromatic heterocycles. The van der Waals surface area contributed by atoms with E-state index in [2.05, 4.69) is 10.8 Å². The molecule has 1 aliphatic heterocycles. The zero-order valence-corrected chi connectivity index (χ0v) is 19.3. The lowest BCUT2D eigenvalue weighted by atomic mass is 10.1. The number of likely N-dealkylation sites (N-methyl/N-ethyl adjacent to an activating group) is 1. The van der Waals surface area contributed by atoms with Crippen LogP contribution in [-0.2, 0) is 25.8 Å². The molecule has 0 saturated carbocycles. The van der Waals surface area contributed by atoms with Crippen molar-refractivity contribution in [1.29, 1.82) is 0 Å². The van der Waals surface area contributed by atoms with Crippen LogP contribution in [0.25, 0.3) is 0 Å². The SMILES string of the molecule is CCN1C(=O)N(OCc2ccccc2)CC[C@H]1C(=O)NOCCCNC(=O)OC(C)(C)C. The Hall–Kier alpha value is -2.85. The lowest BCUT2D eigenvalue weighted by Gasteiger charge is -2.39. The topological polar surface area (TPSA) is 109 Å². The summed E-state index contributed by atoms with van der Waals surface area (Å²) in [6.07, 6.45) is 0.408. The molecule has 1 saturated heterocycles. The van der Waals surface area contributed by atoms with Crippen LogP contribution in [0.3, 0.4) is 0 Å². The zero-order valence-electron chi connectivity index (χ0n) is 19.3. The summed E-state index contributed by atoms with van der Waals surface area (Å²) in [6.45, 7) is 8.67. The number of nitrogens with one attached hydrogen (secondary N) is 2. The van der Waals surface area contributed by atoms with Crippen LogP contribution in [-0.4, -0.2) is 65.9 Å². The van der Waals surface area contributed by atoms with Gasteiger partial charge >= 0.3 is 12.1 Å². The van der Waals surface area contributed by atoms with E-state index in [9.17, 15) is 14.4 Å². The minimum atomic E-state index is -0.635. The molecule has 10 heteroatoms. The summed E-state index contributed by atoms with van der Waals surface area (Å²) in [4.78, 5) is 49.1. The van der Waals surface area contributed by atoms with E-state index in [1.165, 1.54) is 9.96 Å². The number of benzene rings is 1. The molecule has 1 fully saturated rings. The first-order chi connectivity index (χ1) is 15.2. The molecule has 1 atom stereocenters. The summed E-state index contributed by atoms with van der Waals surface area (Å²) in [5.41, 5.74) is 2.80. The maximum atomic E-state index is 12.7. The Morgan fingerprint density at radius 1 is 1.19 bits per heavy atom. The van der Waals surface area contributed by atoms with Gasteiger partial charge in [-0.05, 0) is 46.1 Å². The number of carbonyl (C=O) groups excluding carboxylic acids is 3. The van der Waals surface area contributed by atoms with Gasteiger partial charge in [-0.2, -0.15) is 0 Å². The molecule has 1 aliphatic rings. The number of alkyl carbamates (subject to hydrolysis) is 1. The molecule has 10 nitrogen and oxygen atoms in total. The zero-order chi connectivity index (χ0) is 23.6. The first kappa shape index (κ1) is 25.4. The third-order valence-electron chi connectivity index (χ3n) is 4.58. The normalized spacial score (nSPS) is 16.6.